The van der Waals surface area contributed by atoms with Gasteiger partial charge in [-0.05, 0) is 13.8 Å². The van der Waals surface area contributed by atoms with Crippen LogP contribution in [0.25, 0.3) is 0 Å². The van der Waals surface area contributed by atoms with Crippen LogP contribution in [-0.4, -0.2) is 53.7 Å². The summed E-state index contributed by atoms with van der Waals surface area (Å²) in [5.74, 6) is -0.177. The number of carbonyl (C=O) groups is 1. The molecule has 0 N–H and O–H groups in total. The van der Waals surface area contributed by atoms with E-state index in [4.69, 9.17) is 4.74 Å². The van der Waals surface area contributed by atoms with Crippen LogP contribution in [-0.2, 0) is 9.53 Å². The zero-order valence-electron chi connectivity index (χ0n) is 9.06. The molecule has 3 saturated heterocycles. The van der Waals surface area contributed by atoms with Gasteiger partial charge in [0.05, 0.1) is 0 Å². The van der Waals surface area contributed by atoms with Gasteiger partial charge in [-0.1, -0.05) is 0 Å². The van der Waals surface area contributed by atoms with Crippen LogP contribution in [0.1, 0.15) is 20.8 Å². The van der Waals surface area contributed by atoms with E-state index in [2.05, 4.69) is 23.6 Å². The number of piperazine rings is 3. The van der Waals surface area contributed by atoms with Gasteiger partial charge in [0, 0.05) is 38.6 Å². The number of hydrogen-bond acceptors (Lipinski definition) is 4. The van der Waals surface area contributed by atoms with Crippen LogP contribution >= 0.6 is 0 Å². The third-order valence-corrected chi connectivity index (χ3v) is 3.51. The largest absolute Gasteiger partial charge is 0.445 e. The van der Waals surface area contributed by atoms with Gasteiger partial charge in [0.2, 0.25) is 0 Å². The quantitative estimate of drug-likeness (QED) is 0.567. The molecular weight excluding hydrogens is 180 g/mol. The lowest BCUT2D eigenvalue weighted by Crippen LogP contribution is -2.69. The lowest BCUT2D eigenvalue weighted by atomic mass is 10.00. The van der Waals surface area contributed by atoms with Gasteiger partial charge < -0.3 is 4.74 Å². The first kappa shape index (κ1) is 9.93. The lowest BCUT2D eigenvalue weighted by molar-refractivity contribution is -0.186. The molecule has 0 spiro atoms. The Morgan fingerprint density at radius 3 is 2.57 bits per heavy atom. The molecule has 3 aliphatic heterocycles. The van der Waals surface area contributed by atoms with Crippen LogP contribution in [0.2, 0.25) is 0 Å². The molecule has 5 unspecified atom stereocenters. The van der Waals surface area contributed by atoms with Crippen LogP contribution in [0.15, 0.2) is 0 Å². The molecule has 5 atom stereocenters. The van der Waals surface area contributed by atoms with E-state index < -0.39 is 0 Å². The first-order valence-electron chi connectivity index (χ1n) is 5.26. The van der Waals surface area contributed by atoms with Crippen molar-refractivity contribution >= 4 is 5.97 Å². The van der Waals surface area contributed by atoms with Crippen LogP contribution in [0, 0.1) is 0 Å². The molecule has 3 fully saturated rings. The molecule has 0 amide bonds. The maximum Gasteiger partial charge on any atom is 0.304 e. The van der Waals surface area contributed by atoms with Crippen molar-refractivity contribution in [2.75, 3.05) is 19.6 Å². The molecule has 3 aliphatic rings. The van der Waals surface area contributed by atoms with E-state index in [-0.39, 0.29) is 12.2 Å². The SMILES string of the molecule is CC(=O)OC1CN2CCN1C(C)C2C. The Bertz CT molecular complexity index is 242. The molecule has 0 aliphatic carbocycles. The molecule has 3 heterocycles. The Kier molecular flexibility index (Phi) is 2.49. The zero-order chi connectivity index (χ0) is 10.3. The zero-order valence-corrected chi connectivity index (χ0v) is 9.06. The van der Waals surface area contributed by atoms with E-state index in [9.17, 15) is 4.79 Å². The van der Waals surface area contributed by atoms with E-state index in [0.717, 1.165) is 19.6 Å². The number of carbonyl (C=O) groups excluding carboxylic acids is 1. The van der Waals surface area contributed by atoms with E-state index in [1.807, 2.05) is 0 Å². The van der Waals surface area contributed by atoms with Crippen molar-refractivity contribution in [2.45, 2.75) is 39.1 Å². The molecule has 0 aromatic rings. The third kappa shape index (κ3) is 1.53. The fraction of sp³-hybridized carbons (Fsp3) is 0.900. The Labute approximate surface area is 84.8 Å². The highest BCUT2D eigenvalue weighted by Gasteiger charge is 2.42. The Morgan fingerprint density at radius 2 is 2.00 bits per heavy atom. The second-order valence-corrected chi connectivity index (χ2v) is 4.28. The van der Waals surface area contributed by atoms with Crippen molar-refractivity contribution < 1.29 is 9.53 Å². The molecule has 80 valence electrons. The van der Waals surface area contributed by atoms with Gasteiger partial charge in [0.25, 0.3) is 0 Å². The molecule has 0 saturated carbocycles. The number of rotatable bonds is 1. The Morgan fingerprint density at radius 1 is 1.29 bits per heavy atom. The fourth-order valence-corrected chi connectivity index (χ4v) is 2.50. The van der Waals surface area contributed by atoms with Gasteiger partial charge in [-0.25, -0.2) is 0 Å². The van der Waals surface area contributed by atoms with Crippen LogP contribution < -0.4 is 0 Å². The summed E-state index contributed by atoms with van der Waals surface area (Å²) in [6, 6.07) is 1.07. The summed E-state index contributed by atoms with van der Waals surface area (Å²) < 4.78 is 5.29. The van der Waals surface area contributed by atoms with E-state index in [0.29, 0.717) is 12.1 Å². The first-order valence-corrected chi connectivity index (χ1v) is 5.26. The molecule has 2 bridgehead atoms. The minimum Gasteiger partial charge on any atom is -0.445 e. The maximum absolute atomic E-state index is 10.9. The predicted molar refractivity (Wildman–Crippen MR) is 52.8 cm³/mol. The summed E-state index contributed by atoms with van der Waals surface area (Å²) in [6.45, 7) is 8.90. The smallest absolute Gasteiger partial charge is 0.304 e. The minimum absolute atomic E-state index is 0.0209. The average molecular weight is 198 g/mol. The number of ether oxygens (including phenoxy) is 1. The summed E-state index contributed by atoms with van der Waals surface area (Å²) in [6.07, 6.45) is -0.0209. The number of nitrogens with zero attached hydrogens (tertiary/aromatic N) is 2. The van der Waals surface area contributed by atoms with Gasteiger partial charge in [-0.15, -0.1) is 0 Å². The van der Waals surface area contributed by atoms with Gasteiger partial charge >= 0.3 is 5.97 Å². The lowest BCUT2D eigenvalue weighted by Gasteiger charge is -2.54. The average Bonchev–Trinajstić information content (AvgIpc) is 2.12. The summed E-state index contributed by atoms with van der Waals surface area (Å²) in [5.41, 5.74) is 0. The molecule has 0 aromatic heterocycles. The van der Waals surface area contributed by atoms with Gasteiger partial charge in [0.1, 0.15) is 0 Å². The summed E-state index contributed by atoms with van der Waals surface area (Å²) in [4.78, 5) is 15.6. The topological polar surface area (TPSA) is 32.8 Å². The minimum atomic E-state index is -0.177. The van der Waals surface area contributed by atoms with E-state index in [1.54, 1.807) is 0 Å². The third-order valence-electron chi connectivity index (χ3n) is 3.51. The number of esters is 1. The molecule has 0 aromatic carbocycles. The second-order valence-electron chi connectivity index (χ2n) is 4.28. The Hall–Kier alpha value is -0.610. The van der Waals surface area contributed by atoms with Gasteiger partial charge in [0.15, 0.2) is 6.23 Å². The first-order chi connectivity index (χ1) is 6.59. The maximum atomic E-state index is 10.9. The summed E-state index contributed by atoms with van der Waals surface area (Å²) >= 11 is 0. The van der Waals surface area contributed by atoms with Gasteiger partial charge in [-0.3, -0.25) is 14.6 Å². The predicted octanol–water partition coefficient (Wildman–Crippen LogP) is 0.284. The Balaban J connectivity index is 2.07. The van der Waals surface area contributed by atoms with E-state index >= 15 is 0 Å². The van der Waals surface area contributed by atoms with Crippen LogP contribution in [0.5, 0.6) is 0 Å². The summed E-state index contributed by atoms with van der Waals surface area (Å²) in [5, 5.41) is 0. The molecule has 14 heavy (non-hydrogen) atoms. The van der Waals surface area contributed by atoms with Crippen molar-refractivity contribution in [3.8, 4) is 0 Å². The van der Waals surface area contributed by atoms with Crippen molar-refractivity contribution in [3.63, 3.8) is 0 Å². The van der Waals surface area contributed by atoms with Crippen molar-refractivity contribution in [3.05, 3.63) is 0 Å². The molecular formula is C10H18N2O2. The van der Waals surface area contributed by atoms with Crippen LogP contribution in [0.3, 0.4) is 0 Å². The standard InChI is InChI=1S/C10H18N2O2/c1-7-8(2)12-5-4-11(7)6-10(12)14-9(3)13/h7-8,10H,4-6H2,1-3H3. The highest BCUT2D eigenvalue weighted by molar-refractivity contribution is 5.66. The molecule has 4 nitrogen and oxygen atoms in total. The van der Waals surface area contributed by atoms with Crippen molar-refractivity contribution in [1.29, 1.82) is 0 Å². The highest BCUT2D eigenvalue weighted by Crippen LogP contribution is 2.26. The number of fused-ring (bicyclic) bond motifs is 3. The van der Waals surface area contributed by atoms with Gasteiger partial charge in [-0.2, -0.15) is 0 Å². The number of hydrogen-bond donors (Lipinski definition) is 0. The normalized spacial score (nSPS) is 46.4. The monoisotopic (exact) mass is 198 g/mol. The summed E-state index contributed by atoms with van der Waals surface area (Å²) in [7, 11) is 0. The van der Waals surface area contributed by atoms with E-state index in [1.165, 1.54) is 6.92 Å². The second kappa shape index (κ2) is 3.51. The van der Waals surface area contributed by atoms with Crippen molar-refractivity contribution in [1.82, 2.24) is 9.80 Å². The molecule has 3 rings (SSSR count). The van der Waals surface area contributed by atoms with Crippen LogP contribution in [0.4, 0.5) is 0 Å². The van der Waals surface area contributed by atoms with Crippen molar-refractivity contribution in [2.24, 2.45) is 0 Å². The fourth-order valence-electron chi connectivity index (χ4n) is 2.50. The molecule has 0 radical (unpaired) electrons. The molecule has 4 heteroatoms. The highest BCUT2D eigenvalue weighted by atomic mass is 16.6.